The lowest BCUT2D eigenvalue weighted by Gasteiger charge is -2.32. The van der Waals surface area contributed by atoms with Crippen LogP contribution in [-0.2, 0) is 18.4 Å². The van der Waals surface area contributed by atoms with Crippen LogP contribution in [-0.4, -0.2) is 47.4 Å². The number of rotatable bonds is 6. The van der Waals surface area contributed by atoms with Crippen molar-refractivity contribution < 1.29 is 14.3 Å². The van der Waals surface area contributed by atoms with E-state index >= 15 is 0 Å². The van der Waals surface area contributed by atoms with E-state index in [9.17, 15) is 4.79 Å². The molecule has 0 bridgehead atoms. The van der Waals surface area contributed by atoms with E-state index in [0.717, 1.165) is 19.4 Å². The normalized spacial score (nSPS) is 17.5. The van der Waals surface area contributed by atoms with Crippen LogP contribution in [0.2, 0.25) is 0 Å². The fraction of sp³-hybridized carbons (Fsp3) is 0.474. The van der Waals surface area contributed by atoms with Crippen LogP contribution >= 0.6 is 0 Å². The molecule has 0 N–H and O–H groups in total. The van der Waals surface area contributed by atoms with E-state index in [1.807, 2.05) is 23.1 Å². The Labute approximate surface area is 148 Å². The van der Waals surface area contributed by atoms with Crippen molar-refractivity contribution in [3.63, 3.8) is 0 Å². The summed E-state index contributed by atoms with van der Waals surface area (Å²) in [7, 11) is 3.32. The SMILES string of the molecule is COc1nn(C)cc1C(=O)N1CCC[C@@H](COCc2ccccc2)C1. The first-order chi connectivity index (χ1) is 12.2. The van der Waals surface area contributed by atoms with Gasteiger partial charge in [0.1, 0.15) is 5.56 Å². The highest BCUT2D eigenvalue weighted by molar-refractivity contribution is 5.96. The Bertz CT molecular complexity index is 699. The third-order valence-corrected chi connectivity index (χ3v) is 4.49. The lowest BCUT2D eigenvalue weighted by atomic mass is 9.98. The topological polar surface area (TPSA) is 56.6 Å². The number of carbonyl (C=O) groups is 1. The molecule has 6 heteroatoms. The second-order valence-corrected chi connectivity index (χ2v) is 6.49. The van der Waals surface area contributed by atoms with Crippen LogP contribution in [0.15, 0.2) is 36.5 Å². The van der Waals surface area contributed by atoms with Gasteiger partial charge in [-0.1, -0.05) is 30.3 Å². The Morgan fingerprint density at radius 1 is 1.32 bits per heavy atom. The van der Waals surface area contributed by atoms with Gasteiger partial charge in [0.2, 0.25) is 5.88 Å². The highest BCUT2D eigenvalue weighted by atomic mass is 16.5. The number of nitrogens with zero attached hydrogens (tertiary/aromatic N) is 3. The summed E-state index contributed by atoms with van der Waals surface area (Å²) in [6.45, 7) is 2.77. The Morgan fingerprint density at radius 2 is 2.12 bits per heavy atom. The quantitative estimate of drug-likeness (QED) is 0.809. The summed E-state index contributed by atoms with van der Waals surface area (Å²) in [6.07, 6.45) is 3.80. The average molecular weight is 343 g/mol. The van der Waals surface area contributed by atoms with Gasteiger partial charge in [-0.2, -0.15) is 0 Å². The van der Waals surface area contributed by atoms with E-state index in [0.29, 0.717) is 37.1 Å². The molecule has 0 radical (unpaired) electrons. The van der Waals surface area contributed by atoms with Gasteiger partial charge in [0.15, 0.2) is 0 Å². The number of hydrogen-bond acceptors (Lipinski definition) is 4. The molecule has 134 valence electrons. The van der Waals surface area contributed by atoms with E-state index in [1.165, 1.54) is 12.7 Å². The lowest BCUT2D eigenvalue weighted by Crippen LogP contribution is -2.41. The maximum atomic E-state index is 12.8. The van der Waals surface area contributed by atoms with Gasteiger partial charge >= 0.3 is 0 Å². The third kappa shape index (κ3) is 4.39. The summed E-state index contributed by atoms with van der Waals surface area (Å²) in [6, 6.07) is 10.2. The molecule has 1 aromatic heterocycles. The van der Waals surface area contributed by atoms with Gasteiger partial charge in [-0.05, 0) is 24.3 Å². The fourth-order valence-corrected chi connectivity index (χ4v) is 3.24. The molecular weight excluding hydrogens is 318 g/mol. The molecule has 1 aliphatic rings. The van der Waals surface area contributed by atoms with Crippen molar-refractivity contribution in [2.24, 2.45) is 13.0 Å². The minimum absolute atomic E-state index is 0.0160. The van der Waals surface area contributed by atoms with Gasteiger partial charge in [-0.3, -0.25) is 9.48 Å². The second kappa shape index (κ2) is 8.16. The van der Waals surface area contributed by atoms with Crippen LogP contribution in [0, 0.1) is 5.92 Å². The first-order valence-electron chi connectivity index (χ1n) is 8.66. The number of ether oxygens (including phenoxy) is 2. The summed E-state index contributed by atoms with van der Waals surface area (Å²) in [5, 5.41) is 4.17. The number of aryl methyl sites for hydroxylation is 1. The Balaban J connectivity index is 1.54. The number of carbonyl (C=O) groups excluding carboxylic acids is 1. The average Bonchev–Trinajstić information content (AvgIpc) is 3.03. The molecule has 1 aliphatic heterocycles. The van der Waals surface area contributed by atoms with Crippen LogP contribution in [0.25, 0.3) is 0 Å². The van der Waals surface area contributed by atoms with Gasteiger partial charge in [0, 0.05) is 26.3 Å². The van der Waals surface area contributed by atoms with Crippen molar-refractivity contribution in [3.8, 4) is 5.88 Å². The van der Waals surface area contributed by atoms with Crippen molar-refractivity contribution in [1.29, 1.82) is 0 Å². The number of amides is 1. The van der Waals surface area contributed by atoms with Gasteiger partial charge < -0.3 is 14.4 Å². The minimum atomic E-state index is -0.0160. The van der Waals surface area contributed by atoms with Crippen LogP contribution in [0.4, 0.5) is 0 Å². The Kier molecular flexibility index (Phi) is 5.71. The standard InChI is InChI=1S/C19H25N3O3/c1-21-12-17(18(20-21)24-2)19(23)22-10-6-9-16(11-22)14-25-13-15-7-4-3-5-8-15/h3-5,7-8,12,16H,6,9-11,13-14H2,1-2H3/t16-/m1/s1. The lowest BCUT2D eigenvalue weighted by molar-refractivity contribution is 0.0424. The molecule has 0 spiro atoms. The van der Waals surface area contributed by atoms with Crippen LogP contribution in [0.5, 0.6) is 5.88 Å². The smallest absolute Gasteiger partial charge is 0.260 e. The maximum Gasteiger partial charge on any atom is 0.260 e. The summed E-state index contributed by atoms with van der Waals surface area (Å²) in [5.41, 5.74) is 1.70. The van der Waals surface area contributed by atoms with Gasteiger partial charge in [0.25, 0.3) is 5.91 Å². The molecule has 3 rings (SSSR count). The monoisotopic (exact) mass is 343 g/mol. The molecule has 0 unspecified atom stereocenters. The van der Waals surface area contributed by atoms with Crippen LogP contribution in [0.3, 0.4) is 0 Å². The van der Waals surface area contributed by atoms with E-state index in [1.54, 1.807) is 17.9 Å². The number of hydrogen-bond donors (Lipinski definition) is 0. The zero-order valence-corrected chi connectivity index (χ0v) is 14.9. The summed E-state index contributed by atoms with van der Waals surface area (Å²) in [4.78, 5) is 14.7. The fourth-order valence-electron chi connectivity index (χ4n) is 3.24. The maximum absolute atomic E-state index is 12.8. The zero-order chi connectivity index (χ0) is 17.6. The van der Waals surface area contributed by atoms with E-state index in [-0.39, 0.29) is 5.91 Å². The van der Waals surface area contributed by atoms with Crippen LogP contribution < -0.4 is 4.74 Å². The highest BCUT2D eigenvalue weighted by Crippen LogP contribution is 2.23. The van der Waals surface area contributed by atoms with E-state index in [4.69, 9.17) is 9.47 Å². The summed E-state index contributed by atoms with van der Waals surface area (Å²) in [5.74, 6) is 0.733. The molecule has 1 atom stereocenters. The first-order valence-corrected chi connectivity index (χ1v) is 8.66. The molecule has 1 saturated heterocycles. The minimum Gasteiger partial charge on any atom is -0.479 e. The van der Waals surface area contributed by atoms with Crippen molar-refractivity contribution in [2.45, 2.75) is 19.4 Å². The number of benzene rings is 1. The first kappa shape index (κ1) is 17.5. The van der Waals surface area contributed by atoms with E-state index < -0.39 is 0 Å². The van der Waals surface area contributed by atoms with Crippen LogP contribution in [0.1, 0.15) is 28.8 Å². The van der Waals surface area contributed by atoms with Gasteiger partial charge in [-0.15, -0.1) is 5.10 Å². The molecule has 2 aromatic rings. The number of likely N-dealkylation sites (tertiary alicyclic amines) is 1. The predicted octanol–water partition coefficient (Wildman–Crippen LogP) is 2.50. The van der Waals surface area contributed by atoms with E-state index in [2.05, 4.69) is 17.2 Å². The molecule has 6 nitrogen and oxygen atoms in total. The summed E-state index contributed by atoms with van der Waals surface area (Å²) < 4.78 is 12.7. The molecule has 25 heavy (non-hydrogen) atoms. The summed E-state index contributed by atoms with van der Waals surface area (Å²) >= 11 is 0. The third-order valence-electron chi connectivity index (χ3n) is 4.49. The van der Waals surface area contributed by atoms with Crippen molar-refractivity contribution >= 4 is 5.91 Å². The molecule has 1 aromatic carbocycles. The molecule has 0 aliphatic carbocycles. The largest absolute Gasteiger partial charge is 0.479 e. The number of piperidine rings is 1. The predicted molar refractivity (Wildman–Crippen MR) is 94.5 cm³/mol. The second-order valence-electron chi connectivity index (χ2n) is 6.49. The van der Waals surface area contributed by atoms with Crippen molar-refractivity contribution in [2.75, 3.05) is 26.8 Å². The molecule has 1 fully saturated rings. The number of methoxy groups -OCH3 is 1. The molecule has 0 saturated carbocycles. The Morgan fingerprint density at radius 3 is 2.88 bits per heavy atom. The highest BCUT2D eigenvalue weighted by Gasteiger charge is 2.27. The van der Waals surface area contributed by atoms with Crippen molar-refractivity contribution in [3.05, 3.63) is 47.7 Å². The van der Waals surface area contributed by atoms with Gasteiger partial charge in [-0.25, -0.2) is 0 Å². The zero-order valence-electron chi connectivity index (χ0n) is 14.9. The molecule has 2 heterocycles. The van der Waals surface area contributed by atoms with Crippen molar-refractivity contribution in [1.82, 2.24) is 14.7 Å². The number of aromatic nitrogens is 2. The molecular formula is C19H25N3O3. The Hall–Kier alpha value is -2.34. The van der Waals surface area contributed by atoms with Gasteiger partial charge in [0.05, 0.1) is 20.3 Å². The molecule has 1 amide bonds.